The fraction of sp³-hybridized carbons (Fsp3) is 0.222. The van der Waals surface area contributed by atoms with Crippen LogP contribution in [0.2, 0.25) is 0 Å². The van der Waals surface area contributed by atoms with Crippen LogP contribution in [0, 0.1) is 18.6 Å². The molecule has 0 saturated heterocycles. The summed E-state index contributed by atoms with van der Waals surface area (Å²) in [5, 5.41) is 10.2. The maximum absolute atomic E-state index is 13.2. The number of hydrogen-bond donors (Lipinski definition) is 2. The van der Waals surface area contributed by atoms with E-state index >= 15 is 0 Å². The highest BCUT2D eigenvalue weighted by Gasteiger charge is 2.23. The Morgan fingerprint density at radius 3 is 2.44 bits per heavy atom. The van der Waals surface area contributed by atoms with Gasteiger partial charge in [0.2, 0.25) is 5.91 Å². The zero-order valence-electron chi connectivity index (χ0n) is 13.8. The van der Waals surface area contributed by atoms with Crippen LogP contribution < -0.4 is 5.84 Å². The lowest BCUT2D eigenvalue weighted by molar-refractivity contribution is -0.128. The van der Waals surface area contributed by atoms with Gasteiger partial charge in [-0.25, -0.2) is 19.6 Å². The Hall–Kier alpha value is -2.80. The molecule has 2 aromatic rings. The van der Waals surface area contributed by atoms with Gasteiger partial charge >= 0.3 is 0 Å². The SMILES string of the molecule is CCc1c(C(=O)N(N)C(=O)Cc2ccc(F)c(F)c2)ccc(O)c1C. The van der Waals surface area contributed by atoms with E-state index in [4.69, 9.17) is 5.84 Å². The Morgan fingerprint density at radius 2 is 1.84 bits per heavy atom. The molecule has 2 rings (SSSR count). The van der Waals surface area contributed by atoms with E-state index in [1.807, 2.05) is 6.92 Å². The van der Waals surface area contributed by atoms with Crippen molar-refractivity contribution in [3.8, 4) is 5.75 Å². The molecular weight excluding hydrogens is 330 g/mol. The lowest BCUT2D eigenvalue weighted by Gasteiger charge is -2.18. The molecule has 0 unspecified atom stereocenters. The molecule has 3 N–H and O–H groups in total. The van der Waals surface area contributed by atoms with Gasteiger partial charge in [-0.15, -0.1) is 0 Å². The van der Waals surface area contributed by atoms with Gasteiger partial charge in [0.1, 0.15) is 5.75 Å². The predicted octanol–water partition coefficient (Wildman–Crippen LogP) is 2.63. The van der Waals surface area contributed by atoms with E-state index < -0.39 is 23.4 Å². The number of aromatic hydroxyl groups is 1. The van der Waals surface area contributed by atoms with E-state index in [9.17, 15) is 23.5 Å². The molecule has 2 amide bonds. The third kappa shape index (κ3) is 3.83. The summed E-state index contributed by atoms with van der Waals surface area (Å²) in [6.07, 6.45) is 0.116. The topological polar surface area (TPSA) is 83.6 Å². The van der Waals surface area contributed by atoms with Crippen LogP contribution in [0.25, 0.3) is 0 Å². The van der Waals surface area contributed by atoms with Gasteiger partial charge in [-0.3, -0.25) is 9.59 Å². The number of carbonyl (C=O) groups excluding carboxylic acids is 2. The summed E-state index contributed by atoms with van der Waals surface area (Å²) in [7, 11) is 0. The van der Waals surface area contributed by atoms with Gasteiger partial charge in [-0.05, 0) is 54.3 Å². The molecule has 5 nitrogen and oxygen atoms in total. The largest absolute Gasteiger partial charge is 0.508 e. The van der Waals surface area contributed by atoms with E-state index in [0.29, 0.717) is 22.6 Å². The smallest absolute Gasteiger partial charge is 0.275 e. The highest BCUT2D eigenvalue weighted by molar-refractivity contribution is 6.05. The van der Waals surface area contributed by atoms with Crippen molar-refractivity contribution >= 4 is 11.8 Å². The van der Waals surface area contributed by atoms with Crippen molar-refractivity contribution in [3.63, 3.8) is 0 Å². The van der Waals surface area contributed by atoms with Crippen LogP contribution in [0.5, 0.6) is 5.75 Å². The molecule has 0 atom stereocenters. The number of rotatable bonds is 4. The minimum absolute atomic E-state index is 0.0464. The van der Waals surface area contributed by atoms with Crippen molar-refractivity contribution in [3.05, 3.63) is 64.2 Å². The van der Waals surface area contributed by atoms with Crippen molar-refractivity contribution < 1.29 is 23.5 Å². The zero-order valence-corrected chi connectivity index (χ0v) is 13.8. The average molecular weight is 348 g/mol. The first-order valence-electron chi connectivity index (χ1n) is 7.63. The first-order valence-corrected chi connectivity index (χ1v) is 7.63. The van der Waals surface area contributed by atoms with E-state index in [0.717, 1.165) is 12.1 Å². The van der Waals surface area contributed by atoms with Gasteiger partial charge < -0.3 is 5.11 Å². The van der Waals surface area contributed by atoms with E-state index in [1.165, 1.54) is 18.2 Å². The second-order valence-corrected chi connectivity index (χ2v) is 5.58. The number of benzene rings is 2. The standard InChI is InChI=1S/C18H18F2N2O3/c1-3-12-10(2)16(23)7-5-13(12)18(25)22(21)17(24)9-11-4-6-14(19)15(20)8-11/h4-8,23H,3,9,21H2,1-2H3. The number of amides is 2. The lowest BCUT2D eigenvalue weighted by atomic mass is 9.98. The molecule has 0 aliphatic heterocycles. The number of imide groups is 1. The van der Waals surface area contributed by atoms with Gasteiger partial charge in [0.25, 0.3) is 5.91 Å². The Balaban J connectivity index is 2.23. The quantitative estimate of drug-likeness (QED) is 0.505. The fourth-order valence-electron chi connectivity index (χ4n) is 2.55. The number of hydrogen-bond acceptors (Lipinski definition) is 4. The molecular formula is C18H18F2N2O3. The molecule has 0 bridgehead atoms. The van der Waals surface area contributed by atoms with Crippen LogP contribution in [0.1, 0.15) is 34.0 Å². The number of phenols is 1. The number of hydrazine groups is 1. The van der Waals surface area contributed by atoms with E-state index in [1.54, 1.807) is 6.92 Å². The van der Waals surface area contributed by atoms with Gasteiger partial charge in [-0.2, -0.15) is 0 Å². The average Bonchev–Trinajstić information content (AvgIpc) is 2.59. The summed E-state index contributed by atoms with van der Waals surface area (Å²) >= 11 is 0. The molecule has 0 fully saturated rings. The van der Waals surface area contributed by atoms with E-state index in [-0.39, 0.29) is 23.3 Å². The second kappa shape index (κ2) is 7.40. The molecule has 0 radical (unpaired) electrons. The molecule has 0 aliphatic rings. The van der Waals surface area contributed by atoms with E-state index in [2.05, 4.69) is 0 Å². The maximum atomic E-state index is 13.2. The van der Waals surface area contributed by atoms with Gasteiger partial charge in [0.15, 0.2) is 11.6 Å². The minimum atomic E-state index is -1.08. The molecule has 25 heavy (non-hydrogen) atoms. The molecule has 7 heteroatoms. The van der Waals surface area contributed by atoms with Gasteiger partial charge in [0, 0.05) is 5.56 Å². The summed E-state index contributed by atoms with van der Waals surface area (Å²) in [5.74, 6) is 2.08. The fourth-order valence-corrected chi connectivity index (χ4v) is 2.55. The maximum Gasteiger partial charge on any atom is 0.275 e. The summed E-state index contributed by atoms with van der Waals surface area (Å²) in [6.45, 7) is 3.47. The third-order valence-electron chi connectivity index (χ3n) is 3.98. The third-order valence-corrected chi connectivity index (χ3v) is 3.98. The van der Waals surface area contributed by atoms with Crippen molar-refractivity contribution in [1.29, 1.82) is 0 Å². The Bertz CT molecular complexity index is 837. The van der Waals surface area contributed by atoms with Crippen LogP contribution in [-0.2, 0) is 17.6 Å². The van der Waals surface area contributed by atoms with Crippen molar-refractivity contribution in [2.75, 3.05) is 0 Å². The minimum Gasteiger partial charge on any atom is -0.508 e. The molecule has 0 saturated carbocycles. The van der Waals surface area contributed by atoms with Crippen LogP contribution in [0.15, 0.2) is 30.3 Å². The predicted molar refractivity (Wildman–Crippen MR) is 87.6 cm³/mol. The van der Waals surface area contributed by atoms with Crippen LogP contribution >= 0.6 is 0 Å². The van der Waals surface area contributed by atoms with Crippen LogP contribution in [-0.4, -0.2) is 21.9 Å². The number of nitrogens with zero attached hydrogens (tertiary/aromatic N) is 1. The molecule has 132 valence electrons. The zero-order chi connectivity index (χ0) is 18.7. The normalized spacial score (nSPS) is 10.6. The Labute approximate surface area is 143 Å². The highest BCUT2D eigenvalue weighted by Crippen LogP contribution is 2.25. The summed E-state index contributed by atoms with van der Waals surface area (Å²) in [5.41, 5.74) is 1.53. The van der Waals surface area contributed by atoms with Crippen molar-refractivity contribution in [1.82, 2.24) is 5.01 Å². The highest BCUT2D eigenvalue weighted by atomic mass is 19.2. The summed E-state index contributed by atoms with van der Waals surface area (Å²) < 4.78 is 26.1. The lowest BCUT2D eigenvalue weighted by Crippen LogP contribution is -2.43. The summed E-state index contributed by atoms with van der Waals surface area (Å²) in [6, 6.07) is 5.78. The molecule has 0 aliphatic carbocycles. The van der Waals surface area contributed by atoms with Crippen molar-refractivity contribution in [2.24, 2.45) is 5.84 Å². The molecule has 0 heterocycles. The molecule has 0 aromatic heterocycles. The first kappa shape index (κ1) is 18.5. The monoisotopic (exact) mass is 348 g/mol. The Kier molecular flexibility index (Phi) is 5.48. The number of carbonyl (C=O) groups is 2. The van der Waals surface area contributed by atoms with Crippen LogP contribution in [0.4, 0.5) is 8.78 Å². The van der Waals surface area contributed by atoms with Crippen LogP contribution in [0.3, 0.4) is 0 Å². The second-order valence-electron chi connectivity index (χ2n) is 5.58. The Morgan fingerprint density at radius 1 is 1.16 bits per heavy atom. The number of halogens is 2. The summed E-state index contributed by atoms with van der Waals surface area (Å²) in [4.78, 5) is 24.7. The number of nitrogens with two attached hydrogens (primary N) is 1. The van der Waals surface area contributed by atoms with Gasteiger partial charge in [-0.1, -0.05) is 13.0 Å². The molecule has 0 spiro atoms. The van der Waals surface area contributed by atoms with Gasteiger partial charge in [0.05, 0.1) is 6.42 Å². The van der Waals surface area contributed by atoms with Crippen molar-refractivity contribution in [2.45, 2.75) is 26.7 Å². The molecule has 2 aromatic carbocycles. The number of phenolic OH excluding ortho intramolecular Hbond substituents is 1. The first-order chi connectivity index (χ1) is 11.8.